The molecule has 0 aliphatic carbocycles. The first-order valence-corrected chi connectivity index (χ1v) is 18.2. The van der Waals surface area contributed by atoms with E-state index in [1.807, 2.05) is 36.1 Å². The third kappa shape index (κ3) is 8.89. The fourth-order valence-electron chi connectivity index (χ4n) is 5.59. The standard InChI is InChI=1S/C35H35FN10O3S2/c1-22-24-10-7-19-46(32(24)44-43-31(22)42-34-40-26-11-2-3-12-28(26)50-34)35-41-30(33(47)48)29(51-35)13-8-20-49-27-15-14-23(21-25(27)36)9-6-17-38-16-4-5-18-39-45-37/h2-3,11-12,14-15,21,38H,4-5,7-8,10,13,16-20H2,1H3,(H,47,48)(H,40,42,43). The summed E-state index contributed by atoms with van der Waals surface area (Å²) in [6.45, 7) is 4.52. The Balaban J connectivity index is 1.05. The van der Waals surface area contributed by atoms with Gasteiger partial charge in [0.2, 0.25) is 0 Å². The van der Waals surface area contributed by atoms with Gasteiger partial charge >= 0.3 is 5.97 Å². The Bertz CT molecular complexity index is 2100. The Kier molecular flexibility index (Phi) is 11.9. The quantitative estimate of drug-likeness (QED) is 0.0321. The van der Waals surface area contributed by atoms with Gasteiger partial charge in [-0.05, 0) is 87.9 Å². The van der Waals surface area contributed by atoms with Crippen LogP contribution >= 0.6 is 22.7 Å². The van der Waals surface area contributed by atoms with Gasteiger partial charge in [0.25, 0.3) is 0 Å². The molecule has 0 bridgehead atoms. The number of carboxylic acids is 1. The second-order valence-electron chi connectivity index (χ2n) is 11.7. The van der Waals surface area contributed by atoms with E-state index in [2.05, 4.69) is 52.7 Å². The van der Waals surface area contributed by atoms with Gasteiger partial charge in [0.15, 0.2) is 39.2 Å². The molecule has 16 heteroatoms. The van der Waals surface area contributed by atoms with E-state index in [-0.39, 0.29) is 18.1 Å². The van der Waals surface area contributed by atoms with E-state index >= 15 is 0 Å². The van der Waals surface area contributed by atoms with Gasteiger partial charge in [-0.25, -0.2) is 19.2 Å². The van der Waals surface area contributed by atoms with Gasteiger partial charge in [-0.1, -0.05) is 40.4 Å². The van der Waals surface area contributed by atoms with E-state index in [1.54, 1.807) is 23.5 Å². The number of hydrogen-bond donors (Lipinski definition) is 3. The highest BCUT2D eigenvalue weighted by molar-refractivity contribution is 7.22. The second kappa shape index (κ2) is 17.1. The van der Waals surface area contributed by atoms with E-state index in [0.717, 1.165) is 58.7 Å². The number of hydrogen-bond acceptors (Lipinski definition) is 12. The van der Waals surface area contributed by atoms with Crippen LogP contribution in [0, 0.1) is 24.6 Å². The number of aromatic carboxylic acids is 1. The molecular formula is C35H35FN10O3S2. The highest BCUT2D eigenvalue weighted by Crippen LogP contribution is 2.39. The van der Waals surface area contributed by atoms with Crippen LogP contribution in [0.5, 0.6) is 5.75 Å². The van der Waals surface area contributed by atoms with Crippen LogP contribution in [0.25, 0.3) is 20.7 Å². The molecule has 262 valence electrons. The number of ether oxygens (including phenoxy) is 1. The van der Waals surface area contributed by atoms with Crippen molar-refractivity contribution in [2.45, 2.75) is 45.4 Å². The number of aromatic nitrogens is 4. The van der Waals surface area contributed by atoms with Crippen LogP contribution in [0.15, 0.2) is 47.6 Å². The van der Waals surface area contributed by atoms with E-state index in [9.17, 15) is 14.3 Å². The minimum absolute atomic E-state index is 0.00214. The van der Waals surface area contributed by atoms with Gasteiger partial charge < -0.3 is 25.4 Å². The van der Waals surface area contributed by atoms with Crippen LogP contribution in [0.1, 0.15) is 57.7 Å². The number of carboxylic acid groups (broad SMARTS) is 1. The predicted octanol–water partition coefficient (Wildman–Crippen LogP) is 7.56. The molecule has 0 unspecified atom stereocenters. The summed E-state index contributed by atoms with van der Waals surface area (Å²) in [6, 6.07) is 12.5. The van der Waals surface area contributed by atoms with E-state index in [0.29, 0.717) is 59.7 Å². The zero-order valence-electron chi connectivity index (χ0n) is 27.9. The van der Waals surface area contributed by atoms with E-state index in [1.165, 1.54) is 17.4 Å². The fraction of sp³-hybridized carbons (Fsp3) is 0.343. The Labute approximate surface area is 301 Å². The van der Waals surface area contributed by atoms with Crippen LogP contribution in [-0.4, -0.2) is 64.0 Å². The van der Waals surface area contributed by atoms with Crippen molar-refractivity contribution in [1.29, 1.82) is 0 Å². The van der Waals surface area contributed by atoms with Crippen LogP contribution in [0.3, 0.4) is 0 Å². The molecule has 2 aromatic carbocycles. The number of benzene rings is 2. The smallest absolute Gasteiger partial charge is 0.355 e. The lowest BCUT2D eigenvalue weighted by atomic mass is 10.0. The molecule has 0 amide bonds. The number of para-hydroxylation sites is 1. The summed E-state index contributed by atoms with van der Waals surface area (Å²) in [6.07, 6.45) is 4.20. The van der Waals surface area contributed by atoms with Crippen molar-refractivity contribution in [3.63, 3.8) is 0 Å². The number of azide groups is 1. The summed E-state index contributed by atoms with van der Waals surface area (Å²) in [5, 5.41) is 30.3. The predicted molar refractivity (Wildman–Crippen MR) is 197 cm³/mol. The fourth-order valence-corrected chi connectivity index (χ4v) is 7.57. The van der Waals surface area contributed by atoms with Crippen molar-refractivity contribution in [2.75, 3.05) is 43.0 Å². The lowest BCUT2D eigenvalue weighted by Crippen LogP contribution is -2.27. The van der Waals surface area contributed by atoms with E-state index < -0.39 is 11.8 Å². The van der Waals surface area contributed by atoms with Crippen LogP contribution < -0.4 is 20.3 Å². The number of thiazole rings is 2. The maximum Gasteiger partial charge on any atom is 0.355 e. The first-order chi connectivity index (χ1) is 24.9. The SMILES string of the molecule is Cc1c(Nc2nc3ccccc3s2)nnc2c1CCCN2c1nc(C(=O)O)c(CCCOc2ccc(C#CCNCCCCN=[N+]=[N-])cc2F)s1. The minimum atomic E-state index is -1.11. The van der Waals surface area contributed by atoms with Gasteiger partial charge in [-0.3, -0.25) is 0 Å². The number of aryl methyl sites for hydroxylation is 1. The summed E-state index contributed by atoms with van der Waals surface area (Å²) in [4.78, 5) is 26.6. The van der Waals surface area contributed by atoms with Crippen molar-refractivity contribution in [2.24, 2.45) is 5.11 Å². The average molecular weight is 727 g/mol. The number of unbranched alkanes of at least 4 members (excludes halogenated alkanes) is 1. The number of anilines is 4. The van der Waals surface area contributed by atoms with Crippen molar-refractivity contribution in [3.8, 4) is 17.6 Å². The number of fused-ring (bicyclic) bond motifs is 2. The summed E-state index contributed by atoms with van der Waals surface area (Å²) in [5.74, 6) is 5.70. The molecule has 3 aromatic heterocycles. The number of carbonyl (C=O) groups is 1. The van der Waals surface area contributed by atoms with E-state index in [4.69, 9.17) is 10.3 Å². The number of nitrogens with one attached hydrogen (secondary N) is 2. The highest BCUT2D eigenvalue weighted by Gasteiger charge is 2.28. The van der Waals surface area contributed by atoms with Gasteiger partial charge in [0, 0.05) is 39.6 Å². The van der Waals surface area contributed by atoms with Gasteiger partial charge in [-0.2, -0.15) is 0 Å². The molecule has 4 heterocycles. The summed E-state index contributed by atoms with van der Waals surface area (Å²) in [7, 11) is 0. The average Bonchev–Trinajstić information content (AvgIpc) is 3.75. The zero-order valence-corrected chi connectivity index (χ0v) is 29.5. The Morgan fingerprint density at radius 2 is 2.06 bits per heavy atom. The third-order valence-electron chi connectivity index (χ3n) is 8.13. The highest BCUT2D eigenvalue weighted by atomic mass is 32.1. The molecule has 1 aliphatic heterocycles. The number of nitrogens with zero attached hydrogens (tertiary/aromatic N) is 8. The first kappa shape index (κ1) is 35.5. The molecular weight excluding hydrogens is 692 g/mol. The summed E-state index contributed by atoms with van der Waals surface area (Å²) >= 11 is 2.87. The van der Waals surface area contributed by atoms with Crippen LogP contribution in [0.2, 0.25) is 0 Å². The molecule has 0 saturated carbocycles. The Morgan fingerprint density at radius 3 is 2.88 bits per heavy atom. The normalized spacial score (nSPS) is 12.2. The molecule has 51 heavy (non-hydrogen) atoms. The minimum Gasteiger partial charge on any atom is -0.491 e. The molecule has 6 rings (SSSR count). The monoisotopic (exact) mass is 726 g/mol. The molecule has 5 aromatic rings. The largest absolute Gasteiger partial charge is 0.491 e. The molecule has 3 N–H and O–H groups in total. The molecule has 13 nitrogen and oxygen atoms in total. The molecule has 1 aliphatic rings. The lowest BCUT2D eigenvalue weighted by Gasteiger charge is -2.28. The molecule has 0 saturated heterocycles. The van der Waals surface area contributed by atoms with Crippen LogP contribution in [-0.2, 0) is 12.8 Å². The molecule has 0 radical (unpaired) electrons. The summed E-state index contributed by atoms with van der Waals surface area (Å²) in [5.41, 5.74) is 11.7. The third-order valence-corrected chi connectivity index (χ3v) is 10.2. The molecule has 0 fully saturated rings. The van der Waals surface area contributed by atoms with Crippen molar-refractivity contribution < 1.29 is 19.0 Å². The second-order valence-corrected chi connectivity index (χ2v) is 13.7. The molecule has 0 atom stereocenters. The number of rotatable bonds is 15. The molecule has 0 spiro atoms. The van der Waals surface area contributed by atoms with Gasteiger partial charge in [0.05, 0.1) is 23.4 Å². The maximum atomic E-state index is 14.7. The van der Waals surface area contributed by atoms with Crippen molar-refractivity contribution in [3.05, 3.63) is 86.0 Å². The van der Waals surface area contributed by atoms with Crippen LogP contribution in [0.4, 0.5) is 26.3 Å². The van der Waals surface area contributed by atoms with Crippen molar-refractivity contribution in [1.82, 2.24) is 25.5 Å². The lowest BCUT2D eigenvalue weighted by molar-refractivity contribution is 0.0690. The first-order valence-electron chi connectivity index (χ1n) is 16.5. The van der Waals surface area contributed by atoms with Gasteiger partial charge in [-0.15, -0.1) is 21.5 Å². The number of halogens is 1. The maximum absolute atomic E-state index is 14.7. The summed E-state index contributed by atoms with van der Waals surface area (Å²) < 4.78 is 21.5. The Morgan fingerprint density at radius 1 is 1.18 bits per heavy atom. The van der Waals surface area contributed by atoms with Crippen molar-refractivity contribution >= 4 is 60.8 Å². The van der Waals surface area contributed by atoms with Gasteiger partial charge in [0.1, 0.15) is 0 Å². The zero-order chi connectivity index (χ0) is 35.6. The Hall–Kier alpha value is -5.33. The topological polar surface area (TPSA) is 174 Å².